The fourth-order valence-electron chi connectivity index (χ4n) is 3.92. The lowest BCUT2D eigenvalue weighted by Gasteiger charge is -2.38. The second kappa shape index (κ2) is 8.97. The first kappa shape index (κ1) is 21.8. The number of methoxy groups -OCH3 is 2. The standard InChI is InChI=1S/C23H27N5O4/c1-31-19-12-16-17(13-20(19)32-2)26-22(28-10-8-25-9-11-28)27-23(16,24)21(30)14-18(29)15-6-4-3-5-7-15/h3-7,12-13,25H,8-11,14,24H2,1-2H3,(H,26,27). The monoisotopic (exact) mass is 437 g/mol. The molecule has 0 saturated carbocycles. The molecule has 1 unspecified atom stereocenters. The number of carbonyl (C=O) groups excluding carboxylic acids is 2. The van der Waals surface area contributed by atoms with Crippen LogP contribution in [0.5, 0.6) is 11.5 Å². The van der Waals surface area contributed by atoms with Crippen LogP contribution < -0.4 is 25.8 Å². The first-order valence-corrected chi connectivity index (χ1v) is 10.5. The third-order valence-corrected chi connectivity index (χ3v) is 5.72. The summed E-state index contributed by atoms with van der Waals surface area (Å²) in [6.07, 6.45) is -0.368. The summed E-state index contributed by atoms with van der Waals surface area (Å²) in [6, 6.07) is 12.1. The average molecular weight is 438 g/mol. The van der Waals surface area contributed by atoms with Crippen molar-refractivity contribution >= 4 is 23.2 Å². The van der Waals surface area contributed by atoms with Crippen LogP contribution in [-0.4, -0.2) is 62.8 Å². The number of ketones is 2. The van der Waals surface area contributed by atoms with Crippen LogP contribution in [0.1, 0.15) is 22.3 Å². The van der Waals surface area contributed by atoms with Crippen molar-refractivity contribution in [3.05, 3.63) is 53.6 Å². The molecular formula is C23H27N5O4. The van der Waals surface area contributed by atoms with Crippen molar-refractivity contribution in [2.45, 2.75) is 12.1 Å². The molecule has 9 nitrogen and oxygen atoms in total. The highest BCUT2D eigenvalue weighted by Gasteiger charge is 2.43. The Morgan fingerprint density at radius 3 is 2.41 bits per heavy atom. The Morgan fingerprint density at radius 2 is 1.75 bits per heavy atom. The number of nitrogens with zero attached hydrogens (tertiary/aromatic N) is 2. The number of rotatable bonds is 6. The van der Waals surface area contributed by atoms with Gasteiger partial charge in [0.2, 0.25) is 5.96 Å². The van der Waals surface area contributed by atoms with Gasteiger partial charge in [-0.2, -0.15) is 0 Å². The van der Waals surface area contributed by atoms with Crippen LogP contribution in [0.4, 0.5) is 5.69 Å². The Hall–Kier alpha value is -3.43. The van der Waals surface area contributed by atoms with Gasteiger partial charge in [-0.25, -0.2) is 4.99 Å². The van der Waals surface area contributed by atoms with Crippen molar-refractivity contribution in [1.82, 2.24) is 10.2 Å². The first-order valence-electron chi connectivity index (χ1n) is 10.5. The molecule has 2 aliphatic heterocycles. The molecule has 0 aromatic heterocycles. The fraction of sp³-hybridized carbons (Fsp3) is 0.348. The zero-order valence-electron chi connectivity index (χ0n) is 18.2. The van der Waals surface area contributed by atoms with Gasteiger partial charge in [0.15, 0.2) is 28.7 Å². The van der Waals surface area contributed by atoms with Gasteiger partial charge in [-0.15, -0.1) is 0 Å². The molecule has 0 aliphatic carbocycles. The second-order valence-corrected chi connectivity index (χ2v) is 7.71. The van der Waals surface area contributed by atoms with Gasteiger partial charge in [-0.1, -0.05) is 30.3 Å². The number of nitrogens with one attached hydrogen (secondary N) is 2. The average Bonchev–Trinajstić information content (AvgIpc) is 2.84. The van der Waals surface area contributed by atoms with Crippen LogP contribution in [0.25, 0.3) is 0 Å². The van der Waals surface area contributed by atoms with E-state index in [1.165, 1.54) is 14.2 Å². The normalized spacial score (nSPS) is 20.0. The number of hydrogen-bond acceptors (Lipinski definition) is 9. The summed E-state index contributed by atoms with van der Waals surface area (Å²) in [6.45, 7) is 3.00. The number of aliphatic imine (C=N–C) groups is 1. The highest BCUT2D eigenvalue weighted by Crippen LogP contribution is 2.41. The SMILES string of the molecule is COc1cc2c(cc1OC)C(N)(C(=O)CC(=O)c1ccccc1)N=C(N1CCNCC1)N2. The van der Waals surface area contributed by atoms with Crippen LogP contribution in [-0.2, 0) is 10.5 Å². The summed E-state index contributed by atoms with van der Waals surface area (Å²) in [5, 5.41) is 6.57. The van der Waals surface area contributed by atoms with Crippen molar-refractivity contribution in [2.24, 2.45) is 10.7 Å². The van der Waals surface area contributed by atoms with Crippen LogP contribution in [0.15, 0.2) is 47.5 Å². The van der Waals surface area contributed by atoms with Crippen molar-refractivity contribution < 1.29 is 19.1 Å². The van der Waals surface area contributed by atoms with Gasteiger partial charge in [-0.05, 0) is 6.07 Å². The molecule has 2 aromatic carbocycles. The minimum Gasteiger partial charge on any atom is -0.493 e. The maximum absolute atomic E-state index is 13.5. The number of hydrogen-bond donors (Lipinski definition) is 3. The summed E-state index contributed by atoms with van der Waals surface area (Å²) >= 11 is 0. The van der Waals surface area contributed by atoms with E-state index in [-0.39, 0.29) is 12.2 Å². The topological polar surface area (TPSA) is 118 Å². The molecule has 0 bridgehead atoms. The van der Waals surface area contributed by atoms with Gasteiger partial charge < -0.3 is 25.0 Å². The highest BCUT2D eigenvalue weighted by atomic mass is 16.5. The van der Waals surface area contributed by atoms with Gasteiger partial charge in [-0.3, -0.25) is 15.3 Å². The molecule has 2 aromatic rings. The van der Waals surface area contributed by atoms with Crippen molar-refractivity contribution in [3.63, 3.8) is 0 Å². The molecule has 9 heteroatoms. The maximum Gasteiger partial charge on any atom is 0.201 e. The van der Waals surface area contributed by atoms with E-state index in [2.05, 4.69) is 15.6 Å². The minimum absolute atomic E-state index is 0.306. The number of benzene rings is 2. The van der Waals surface area contributed by atoms with Crippen LogP contribution >= 0.6 is 0 Å². The van der Waals surface area contributed by atoms with Crippen LogP contribution in [0.2, 0.25) is 0 Å². The molecule has 1 fully saturated rings. The number of ether oxygens (including phenoxy) is 2. The number of carbonyl (C=O) groups is 2. The third-order valence-electron chi connectivity index (χ3n) is 5.72. The van der Waals surface area contributed by atoms with Crippen LogP contribution in [0.3, 0.4) is 0 Å². The first-order chi connectivity index (χ1) is 15.5. The lowest BCUT2D eigenvalue weighted by molar-refractivity contribution is -0.123. The van der Waals surface area contributed by atoms with Gasteiger partial charge in [0.05, 0.1) is 26.3 Å². The quantitative estimate of drug-likeness (QED) is 0.458. The van der Waals surface area contributed by atoms with E-state index < -0.39 is 11.4 Å². The molecule has 1 atom stereocenters. The molecule has 0 radical (unpaired) electrons. The molecule has 4 N–H and O–H groups in total. The maximum atomic E-state index is 13.5. The number of anilines is 1. The minimum atomic E-state index is -1.75. The van der Waals surface area contributed by atoms with Gasteiger partial charge in [0, 0.05) is 43.4 Å². The summed E-state index contributed by atoms with van der Waals surface area (Å²) in [4.78, 5) is 32.9. The lowest BCUT2D eigenvalue weighted by Crippen LogP contribution is -2.54. The molecule has 0 amide bonds. The fourth-order valence-corrected chi connectivity index (χ4v) is 3.92. The van der Waals surface area contributed by atoms with Gasteiger partial charge in [0.1, 0.15) is 0 Å². The Kier molecular flexibility index (Phi) is 6.11. The Balaban J connectivity index is 1.75. The summed E-state index contributed by atoms with van der Waals surface area (Å²) in [5.74, 6) is 0.615. The van der Waals surface area contributed by atoms with E-state index in [1.54, 1.807) is 36.4 Å². The number of guanidine groups is 1. The van der Waals surface area contributed by atoms with Crippen molar-refractivity contribution in [3.8, 4) is 11.5 Å². The molecule has 0 spiro atoms. The Labute approximate surface area is 186 Å². The Morgan fingerprint density at radius 1 is 1.09 bits per heavy atom. The van der Waals surface area contributed by atoms with Crippen molar-refractivity contribution in [1.29, 1.82) is 0 Å². The molecule has 2 aliphatic rings. The summed E-state index contributed by atoms with van der Waals surface area (Å²) in [5.41, 5.74) is 6.42. The third kappa shape index (κ3) is 4.04. The molecular weight excluding hydrogens is 410 g/mol. The smallest absolute Gasteiger partial charge is 0.201 e. The predicted molar refractivity (Wildman–Crippen MR) is 121 cm³/mol. The van der Waals surface area contributed by atoms with Crippen molar-refractivity contribution in [2.75, 3.05) is 45.7 Å². The number of piperazine rings is 1. The van der Waals surface area contributed by atoms with E-state index in [9.17, 15) is 9.59 Å². The highest BCUT2D eigenvalue weighted by molar-refractivity contribution is 6.13. The van der Waals surface area contributed by atoms with Gasteiger partial charge in [0.25, 0.3) is 0 Å². The lowest BCUT2D eigenvalue weighted by atomic mass is 9.89. The van der Waals surface area contributed by atoms with Crippen LogP contribution in [0, 0.1) is 0 Å². The second-order valence-electron chi connectivity index (χ2n) is 7.71. The summed E-state index contributed by atoms with van der Waals surface area (Å²) < 4.78 is 10.8. The van der Waals surface area contributed by atoms with E-state index in [4.69, 9.17) is 15.2 Å². The Bertz CT molecular complexity index is 1050. The zero-order valence-corrected chi connectivity index (χ0v) is 18.2. The molecule has 1 saturated heterocycles. The zero-order chi connectivity index (χ0) is 22.7. The van der Waals surface area contributed by atoms with E-state index in [0.717, 1.165) is 13.1 Å². The number of fused-ring (bicyclic) bond motifs is 1. The molecule has 2 heterocycles. The van der Waals surface area contributed by atoms with E-state index in [0.29, 0.717) is 47.4 Å². The molecule has 32 heavy (non-hydrogen) atoms. The largest absolute Gasteiger partial charge is 0.493 e. The number of Topliss-reactive ketones (excluding diaryl/α,β-unsaturated/α-hetero) is 2. The molecule has 4 rings (SSSR count). The van der Waals surface area contributed by atoms with E-state index in [1.807, 2.05) is 11.0 Å². The number of nitrogens with two attached hydrogens (primary N) is 1. The van der Waals surface area contributed by atoms with E-state index >= 15 is 0 Å². The van der Waals surface area contributed by atoms with Gasteiger partial charge >= 0.3 is 0 Å². The summed E-state index contributed by atoms with van der Waals surface area (Å²) in [7, 11) is 3.05. The predicted octanol–water partition coefficient (Wildman–Crippen LogP) is 1.34. The molecule has 168 valence electrons.